The minimum atomic E-state index is -0.478. The summed E-state index contributed by atoms with van der Waals surface area (Å²) in [6.45, 7) is 0.316. The van der Waals surface area contributed by atoms with Crippen LogP contribution in [0.4, 0.5) is 0 Å². The quantitative estimate of drug-likeness (QED) is 0.653. The van der Waals surface area contributed by atoms with E-state index in [1.54, 1.807) is 25.2 Å². The normalized spacial score (nSPS) is 12.2. The molecular weight excluding hydrogens is 364 g/mol. The summed E-state index contributed by atoms with van der Waals surface area (Å²) in [5.74, 6) is 0.165. The Morgan fingerprint density at radius 3 is 2.61 bits per heavy atom. The number of hydrogen-bond donors (Lipinski definition) is 2. The molecule has 28 heavy (non-hydrogen) atoms. The number of fused-ring (bicyclic) bond motifs is 2. The number of nitrogens with one attached hydrogen (secondary N) is 2. The zero-order valence-electron chi connectivity index (χ0n) is 15.1. The van der Waals surface area contributed by atoms with Gasteiger partial charge in [-0.15, -0.1) is 0 Å². The van der Waals surface area contributed by atoms with Gasteiger partial charge in [-0.05, 0) is 30.3 Å². The number of para-hydroxylation sites is 2. The second kappa shape index (κ2) is 7.10. The predicted molar refractivity (Wildman–Crippen MR) is 100.0 cm³/mol. The summed E-state index contributed by atoms with van der Waals surface area (Å²) >= 11 is 0. The molecule has 2 aromatic carbocycles. The lowest BCUT2D eigenvalue weighted by molar-refractivity contribution is -0.122. The number of aryl methyl sites for hydroxylation is 2. The Morgan fingerprint density at radius 1 is 1.04 bits per heavy atom. The number of carbonyl (C=O) groups is 2. The fourth-order valence-electron chi connectivity index (χ4n) is 3.09. The van der Waals surface area contributed by atoms with Crippen LogP contribution in [0.5, 0.6) is 11.5 Å². The van der Waals surface area contributed by atoms with Crippen LogP contribution >= 0.6 is 0 Å². The van der Waals surface area contributed by atoms with Crippen LogP contribution in [0.25, 0.3) is 11.0 Å². The number of hydrogen-bond acceptors (Lipinski definition) is 5. The molecule has 9 heteroatoms. The lowest BCUT2D eigenvalue weighted by Gasteiger charge is -2.08. The number of amides is 2. The van der Waals surface area contributed by atoms with Gasteiger partial charge >= 0.3 is 5.69 Å². The molecule has 2 heterocycles. The molecule has 1 aliphatic rings. The van der Waals surface area contributed by atoms with Gasteiger partial charge in [0.25, 0.3) is 5.91 Å². The highest BCUT2D eigenvalue weighted by Crippen LogP contribution is 2.32. The van der Waals surface area contributed by atoms with Crippen LogP contribution in [0.15, 0.2) is 47.3 Å². The summed E-state index contributed by atoms with van der Waals surface area (Å²) in [5, 5.41) is 0. The lowest BCUT2D eigenvalue weighted by atomic mass is 10.2. The Balaban J connectivity index is 1.36. The average Bonchev–Trinajstić information content (AvgIpc) is 3.28. The van der Waals surface area contributed by atoms with E-state index in [0.717, 1.165) is 11.0 Å². The third-order valence-corrected chi connectivity index (χ3v) is 4.56. The topological polar surface area (TPSA) is 104 Å². The first kappa shape index (κ1) is 17.7. The number of imidazole rings is 1. The van der Waals surface area contributed by atoms with Gasteiger partial charge in [0.15, 0.2) is 11.5 Å². The summed E-state index contributed by atoms with van der Waals surface area (Å²) in [6.07, 6.45) is 0.0370. The van der Waals surface area contributed by atoms with Gasteiger partial charge in [-0.1, -0.05) is 12.1 Å². The number of aromatic nitrogens is 2. The van der Waals surface area contributed by atoms with Crippen LogP contribution in [0, 0.1) is 0 Å². The van der Waals surface area contributed by atoms with Gasteiger partial charge in [-0.25, -0.2) is 4.79 Å². The van der Waals surface area contributed by atoms with Crippen LogP contribution in [0.3, 0.4) is 0 Å². The zero-order chi connectivity index (χ0) is 19.7. The molecule has 9 nitrogen and oxygen atoms in total. The third kappa shape index (κ3) is 3.18. The second-order valence-electron chi connectivity index (χ2n) is 6.30. The van der Waals surface area contributed by atoms with Crippen molar-refractivity contribution in [2.45, 2.75) is 13.0 Å². The maximum atomic E-state index is 12.3. The van der Waals surface area contributed by atoms with Crippen LogP contribution in [0.1, 0.15) is 16.8 Å². The van der Waals surface area contributed by atoms with E-state index in [2.05, 4.69) is 10.9 Å². The van der Waals surface area contributed by atoms with Gasteiger partial charge < -0.3 is 9.47 Å². The highest BCUT2D eigenvalue weighted by atomic mass is 16.7. The average molecular weight is 382 g/mol. The molecule has 0 atom stereocenters. The largest absolute Gasteiger partial charge is 0.454 e. The maximum Gasteiger partial charge on any atom is 0.328 e. The van der Waals surface area contributed by atoms with E-state index >= 15 is 0 Å². The molecule has 0 unspecified atom stereocenters. The third-order valence-electron chi connectivity index (χ3n) is 4.56. The molecule has 0 bridgehead atoms. The molecule has 1 aliphatic heterocycles. The monoisotopic (exact) mass is 382 g/mol. The molecule has 0 saturated carbocycles. The molecule has 0 radical (unpaired) electrons. The van der Waals surface area contributed by atoms with Gasteiger partial charge in [-0.2, -0.15) is 0 Å². The Bertz CT molecular complexity index is 1130. The minimum Gasteiger partial charge on any atom is -0.454 e. The molecule has 4 rings (SSSR count). The molecular formula is C19H18N4O5. The first-order valence-corrected chi connectivity index (χ1v) is 8.67. The Morgan fingerprint density at radius 2 is 1.79 bits per heavy atom. The standard InChI is InChI=1S/C19H18N4O5/c1-22-13-4-2-3-5-14(13)23(19(22)26)9-8-17(24)20-21-18(25)12-6-7-15-16(10-12)28-11-27-15/h2-7,10H,8-9,11H2,1H3,(H,20,24)(H,21,25). The molecule has 2 N–H and O–H groups in total. The first-order valence-electron chi connectivity index (χ1n) is 8.67. The van der Waals surface area contributed by atoms with Crippen molar-refractivity contribution in [1.82, 2.24) is 20.0 Å². The number of benzene rings is 2. The van der Waals surface area contributed by atoms with Crippen molar-refractivity contribution in [3.05, 3.63) is 58.5 Å². The van der Waals surface area contributed by atoms with Crippen molar-refractivity contribution in [3.63, 3.8) is 0 Å². The fraction of sp³-hybridized carbons (Fsp3) is 0.211. The van der Waals surface area contributed by atoms with E-state index < -0.39 is 11.8 Å². The molecule has 144 valence electrons. The SMILES string of the molecule is Cn1c(=O)n(CCC(=O)NNC(=O)c2ccc3c(c2)OCO3)c2ccccc21. The highest BCUT2D eigenvalue weighted by Gasteiger charge is 2.17. The van der Waals surface area contributed by atoms with Gasteiger partial charge in [0, 0.05) is 25.6 Å². The van der Waals surface area contributed by atoms with Crippen molar-refractivity contribution < 1.29 is 19.1 Å². The first-order chi connectivity index (χ1) is 13.5. The molecule has 2 amide bonds. The second-order valence-corrected chi connectivity index (χ2v) is 6.30. The predicted octanol–water partition coefficient (Wildman–Crippen LogP) is 0.920. The van der Waals surface area contributed by atoms with Crippen LogP contribution < -0.4 is 26.0 Å². The lowest BCUT2D eigenvalue weighted by Crippen LogP contribution is -2.42. The van der Waals surface area contributed by atoms with Crippen molar-refractivity contribution in [1.29, 1.82) is 0 Å². The molecule has 0 aliphatic carbocycles. The Labute approximate surface area is 159 Å². The van der Waals surface area contributed by atoms with Crippen molar-refractivity contribution >= 4 is 22.8 Å². The van der Waals surface area contributed by atoms with Crippen molar-refractivity contribution in [2.75, 3.05) is 6.79 Å². The number of ether oxygens (including phenoxy) is 2. The van der Waals surface area contributed by atoms with Gasteiger partial charge in [0.05, 0.1) is 11.0 Å². The smallest absolute Gasteiger partial charge is 0.328 e. The van der Waals surface area contributed by atoms with E-state index in [9.17, 15) is 14.4 Å². The van der Waals surface area contributed by atoms with Crippen LogP contribution in [0.2, 0.25) is 0 Å². The summed E-state index contributed by atoms with van der Waals surface area (Å²) in [5.41, 5.74) is 6.40. The number of nitrogens with zero attached hydrogens (tertiary/aromatic N) is 2. The zero-order valence-corrected chi connectivity index (χ0v) is 15.1. The highest BCUT2D eigenvalue weighted by molar-refractivity contribution is 5.96. The fourth-order valence-corrected chi connectivity index (χ4v) is 3.09. The van der Waals surface area contributed by atoms with E-state index in [1.807, 2.05) is 24.3 Å². The van der Waals surface area contributed by atoms with Crippen LogP contribution in [-0.4, -0.2) is 27.7 Å². The van der Waals surface area contributed by atoms with Gasteiger partial charge in [0.2, 0.25) is 12.7 Å². The van der Waals surface area contributed by atoms with Crippen molar-refractivity contribution in [2.24, 2.45) is 7.05 Å². The number of hydrazine groups is 1. The summed E-state index contributed by atoms with van der Waals surface area (Å²) < 4.78 is 13.5. The molecule has 3 aromatic rings. The maximum absolute atomic E-state index is 12.3. The van der Waals surface area contributed by atoms with E-state index in [0.29, 0.717) is 17.1 Å². The van der Waals surface area contributed by atoms with Gasteiger partial charge in [-0.3, -0.25) is 29.6 Å². The Hall–Kier alpha value is -3.75. The molecule has 0 spiro atoms. The Kier molecular flexibility index (Phi) is 4.48. The summed E-state index contributed by atoms with van der Waals surface area (Å²) in [6, 6.07) is 12.1. The summed E-state index contributed by atoms with van der Waals surface area (Å²) in [4.78, 5) is 36.6. The van der Waals surface area contributed by atoms with Crippen LogP contribution in [-0.2, 0) is 18.4 Å². The number of carbonyl (C=O) groups excluding carboxylic acids is 2. The van der Waals surface area contributed by atoms with Gasteiger partial charge in [0.1, 0.15) is 0 Å². The number of rotatable bonds is 4. The molecule has 0 fully saturated rings. The molecule has 1 aromatic heterocycles. The van der Waals surface area contributed by atoms with E-state index in [4.69, 9.17) is 9.47 Å². The van der Waals surface area contributed by atoms with Crippen molar-refractivity contribution in [3.8, 4) is 11.5 Å². The van der Waals surface area contributed by atoms with E-state index in [-0.39, 0.29) is 25.4 Å². The van der Waals surface area contributed by atoms with E-state index in [1.165, 1.54) is 9.13 Å². The minimum absolute atomic E-state index is 0.0370. The molecule has 0 saturated heterocycles. The summed E-state index contributed by atoms with van der Waals surface area (Å²) in [7, 11) is 1.69.